The van der Waals surface area contributed by atoms with Gasteiger partial charge in [-0.05, 0) is 43.5 Å². The van der Waals surface area contributed by atoms with Gasteiger partial charge in [0.05, 0.1) is 5.41 Å². The Morgan fingerprint density at radius 3 is 2.74 bits per heavy atom. The Bertz CT molecular complexity index is 471. The van der Waals surface area contributed by atoms with Gasteiger partial charge in [0.1, 0.15) is 5.82 Å². The number of hydrogen-bond acceptors (Lipinski definition) is 3. The molecule has 1 aromatic carbocycles. The third-order valence-corrected chi connectivity index (χ3v) is 3.74. The van der Waals surface area contributed by atoms with E-state index in [1.54, 1.807) is 19.1 Å². The number of nitrogens with two attached hydrogens (primary N) is 1. The number of amides is 1. The molecule has 1 saturated heterocycles. The lowest BCUT2D eigenvalue weighted by molar-refractivity contribution is -0.130. The van der Waals surface area contributed by atoms with Crippen LogP contribution in [0, 0.1) is 18.2 Å². The first-order chi connectivity index (χ1) is 9.07. The van der Waals surface area contributed by atoms with E-state index in [0.717, 1.165) is 0 Å². The highest BCUT2D eigenvalue weighted by molar-refractivity contribution is 5.95. The molecule has 0 aromatic heterocycles. The first-order valence-corrected chi connectivity index (χ1v) is 6.43. The summed E-state index contributed by atoms with van der Waals surface area (Å²) in [5.74, 6) is -0.387. The summed E-state index contributed by atoms with van der Waals surface area (Å²) in [7, 11) is 0. The molecule has 0 radical (unpaired) electrons. The van der Waals surface area contributed by atoms with Crippen molar-refractivity contribution in [1.82, 2.24) is 0 Å². The maximum absolute atomic E-state index is 13.2. The van der Waals surface area contributed by atoms with E-state index in [-0.39, 0.29) is 11.7 Å². The molecule has 104 valence electrons. The van der Waals surface area contributed by atoms with E-state index in [1.165, 1.54) is 6.07 Å². The number of ether oxygens (including phenoxy) is 1. The minimum absolute atomic E-state index is 0.107. The van der Waals surface area contributed by atoms with Gasteiger partial charge in [0.25, 0.3) is 0 Å². The van der Waals surface area contributed by atoms with Crippen molar-refractivity contribution in [2.75, 3.05) is 25.1 Å². The fourth-order valence-corrected chi connectivity index (χ4v) is 2.27. The van der Waals surface area contributed by atoms with Gasteiger partial charge in [-0.1, -0.05) is 0 Å². The topological polar surface area (TPSA) is 64.4 Å². The largest absolute Gasteiger partial charge is 0.381 e. The third-order valence-electron chi connectivity index (χ3n) is 3.74. The second-order valence-corrected chi connectivity index (χ2v) is 5.01. The van der Waals surface area contributed by atoms with Crippen LogP contribution in [-0.2, 0) is 9.53 Å². The van der Waals surface area contributed by atoms with Crippen LogP contribution < -0.4 is 11.1 Å². The molecule has 0 bridgehead atoms. The minimum Gasteiger partial charge on any atom is -0.381 e. The van der Waals surface area contributed by atoms with Crippen LogP contribution in [0.5, 0.6) is 0 Å². The van der Waals surface area contributed by atoms with Crippen LogP contribution >= 0.6 is 0 Å². The van der Waals surface area contributed by atoms with E-state index in [0.29, 0.717) is 43.9 Å². The van der Waals surface area contributed by atoms with E-state index in [4.69, 9.17) is 10.5 Å². The molecule has 1 aliphatic heterocycles. The first kappa shape index (κ1) is 14.0. The van der Waals surface area contributed by atoms with Crippen LogP contribution in [0.25, 0.3) is 0 Å². The zero-order valence-corrected chi connectivity index (χ0v) is 11.0. The number of carbonyl (C=O) groups excluding carboxylic acids is 1. The SMILES string of the molecule is Cc1cc(NC(=O)C2(CN)CCOCC2)ccc1F. The molecular formula is C14H19FN2O2. The lowest BCUT2D eigenvalue weighted by Crippen LogP contribution is -2.46. The van der Waals surface area contributed by atoms with Crippen molar-refractivity contribution < 1.29 is 13.9 Å². The second kappa shape index (κ2) is 5.67. The molecule has 19 heavy (non-hydrogen) atoms. The summed E-state index contributed by atoms with van der Waals surface area (Å²) in [4.78, 5) is 12.4. The first-order valence-electron chi connectivity index (χ1n) is 6.43. The van der Waals surface area contributed by atoms with Crippen molar-refractivity contribution in [3.63, 3.8) is 0 Å². The van der Waals surface area contributed by atoms with Gasteiger partial charge in [0.15, 0.2) is 0 Å². The van der Waals surface area contributed by atoms with Crippen LogP contribution in [-0.4, -0.2) is 25.7 Å². The van der Waals surface area contributed by atoms with Gasteiger partial charge in [-0.3, -0.25) is 4.79 Å². The molecule has 5 heteroatoms. The number of nitrogens with one attached hydrogen (secondary N) is 1. The summed E-state index contributed by atoms with van der Waals surface area (Å²) < 4.78 is 18.5. The van der Waals surface area contributed by atoms with Gasteiger partial charge in [-0.25, -0.2) is 4.39 Å². The lowest BCUT2D eigenvalue weighted by Gasteiger charge is -2.34. The highest BCUT2D eigenvalue weighted by Crippen LogP contribution is 2.31. The van der Waals surface area contributed by atoms with Crippen molar-refractivity contribution in [2.24, 2.45) is 11.1 Å². The summed E-state index contributed by atoms with van der Waals surface area (Å²) >= 11 is 0. The molecule has 4 nitrogen and oxygen atoms in total. The standard InChI is InChI=1S/C14H19FN2O2/c1-10-8-11(2-3-12(10)15)17-13(18)14(9-16)4-6-19-7-5-14/h2-3,8H,4-7,9,16H2,1H3,(H,17,18). The fraction of sp³-hybridized carbons (Fsp3) is 0.500. The maximum atomic E-state index is 13.2. The van der Waals surface area contributed by atoms with E-state index < -0.39 is 5.41 Å². The summed E-state index contributed by atoms with van der Waals surface area (Å²) in [6.45, 7) is 3.06. The summed E-state index contributed by atoms with van der Waals surface area (Å²) in [6.07, 6.45) is 1.24. The number of carbonyl (C=O) groups is 1. The highest BCUT2D eigenvalue weighted by Gasteiger charge is 2.38. The Balaban J connectivity index is 2.12. The molecular weight excluding hydrogens is 247 g/mol. The van der Waals surface area contributed by atoms with E-state index in [9.17, 15) is 9.18 Å². The van der Waals surface area contributed by atoms with Gasteiger partial charge < -0.3 is 15.8 Å². The average Bonchev–Trinajstić information content (AvgIpc) is 2.43. The number of anilines is 1. The van der Waals surface area contributed by atoms with Crippen LogP contribution in [0.1, 0.15) is 18.4 Å². The van der Waals surface area contributed by atoms with Crippen LogP contribution in [0.15, 0.2) is 18.2 Å². The maximum Gasteiger partial charge on any atom is 0.232 e. The van der Waals surface area contributed by atoms with Crippen molar-refractivity contribution in [3.05, 3.63) is 29.6 Å². The second-order valence-electron chi connectivity index (χ2n) is 5.01. The molecule has 0 saturated carbocycles. The molecule has 0 unspecified atom stereocenters. The van der Waals surface area contributed by atoms with Gasteiger partial charge in [0, 0.05) is 25.4 Å². The van der Waals surface area contributed by atoms with Gasteiger partial charge in [-0.2, -0.15) is 0 Å². The Morgan fingerprint density at radius 2 is 2.16 bits per heavy atom. The molecule has 1 fully saturated rings. The molecule has 3 N–H and O–H groups in total. The summed E-state index contributed by atoms with van der Waals surface area (Å²) in [6, 6.07) is 4.53. The third kappa shape index (κ3) is 2.93. The Kier molecular flexibility index (Phi) is 4.17. The number of halogens is 1. The van der Waals surface area contributed by atoms with Crippen LogP contribution in [0.2, 0.25) is 0 Å². The molecule has 0 aliphatic carbocycles. The van der Waals surface area contributed by atoms with Crippen LogP contribution in [0.4, 0.5) is 10.1 Å². The molecule has 2 rings (SSSR count). The number of rotatable bonds is 3. The zero-order chi connectivity index (χ0) is 13.9. The Hall–Kier alpha value is -1.46. The molecule has 0 spiro atoms. The van der Waals surface area contributed by atoms with Crippen LogP contribution in [0.3, 0.4) is 0 Å². The van der Waals surface area contributed by atoms with Gasteiger partial charge in [0.2, 0.25) is 5.91 Å². The van der Waals surface area contributed by atoms with Gasteiger partial charge in [-0.15, -0.1) is 0 Å². The zero-order valence-electron chi connectivity index (χ0n) is 11.0. The Morgan fingerprint density at radius 1 is 1.47 bits per heavy atom. The van der Waals surface area contributed by atoms with Crippen molar-refractivity contribution in [1.29, 1.82) is 0 Å². The highest BCUT2D eigenvalue weighted by atomic mass is 19.1. The lowest BCUT2D eigenvalue weighted by atomic mass is 9.79. The predicted octanol–water partition coefficient (Wildman–Crippen LogP) is 1.83. The molecule has 1 aliphatic rings. The molecule has 0 atom stereocenters. The number of aryl methyl sites for hydroxylation is 1. The normalized spacial score (nSPS) is 18.1. The number of benzene rings is 1. The van der Waals surface area contributed by atoms with Gasteiger partial charge >= 0.3 is 0 Å². The molecule has 1 amide bonds. The van der Waals surface area contributed by atoms with Crippen molar-refractivity contribution in [3.8, 4) is 0 Å². The average molecular weight is 266 g/mol. The molecule has 1 heterocycles. The number of hydrogen-bond donors (Lipinski definition) is 2. The van der Waals surface area contributed by atoms with E-state index in [2.05, 4.69) is 5.32 Å². The smallest absolute Gasteiger partial charge is 0.232 e. The Labute approximate surface area is 112 Å². The van der Waals surface area contributed by atoms with E-state index in [1.807, 2.05) is 0 Å². The minimum atomic E-state index is -0.569. The monoisotopic (exact) mass is 266 g/mol. The predicted molar refractivity (Wildman–Crippen MR) is 71.3 cm³/mol. The summed E-state index contributed by atoms with van der Waals surface area (Å²) in [5.41, 5.74) is 6.31. The summed E-state index contributed by atoms with van der Waals surface area (Å²) in [5, 5.41) is 2.83. The van der Waals surface area contributed by atoms with E-state index >= 15 is 0 Å². The van der Waals surface area contributed by atoms with Crippen molar-refractivity contribution >= 4 is 11.6 Å². The quantitative estimate of drug-likeness (QED) is 0.877. The molecule has 1 aromatic rings. The van der Waals surface area contributed by atoms with Crippen molar-refractivity contribution in [2.45, 2.75) is 19.8 Å². The fourth-order valence-electron chi connectivity index (χ4n) is 2.27.